The molecule has 0 aliphatic rings. The highest BCUT2D eigenvalue weighted by Crippen LogP contribution is 2.20. The van der Waals surface area contributed by atoms with Crippen LogP contribution < -0.4 is 5.32 Å². The van der Waals surface area contributed by atoms with Crippen molar-refractivity contribution in [3.63, 3.8) is 0 Å². The molecule has 6 heteroatoms. The normalized spacial score (nSPS) is 10.1. The molecule has 0 saturated heterocycles. The summed E-state index contributed by atoms with van der Waals surface area (Å²) in [6.45, 7) is 0. The van der Waals surface area contributed by atoms with Crippen LogP contribution in [0.5, 0.6) is 0 Å². The number of hydrogen-bond acceptors (Lipinski definition) is 4. The van der Waals surface area contributed by atoms with Crippen molar-refractivity contribution in [1.82, 2.24) is 4.98 Å². The van der Waals surface area contributed by atoms with E-state index in [1.807, 2.05) is 18.4 Å². The number of pyridine rings is 1. The van der Waals surface area contributed by atoms with E-state index in [9.17, 15) is 9.59 Å². The molecule has 2 aromatic rings. The number of aromatic nitrogens is 1. The first-order valence-corrected chi connectivity index (χ1v) is 6.98. The number of benzene rings is 1. The predicted molar refractivity (Wildman–Crippen MR) is 77.4 cm³/mol. The lowest BCUT2D eigenvalue weighted by atomic mass is 10.2. The average molecular weight is 288 g/mol. The van der Waals surface area contributed by atoms with Gasteiger partial charge in [-0.25, -0.2) is 9.78 Å². The number of aromatic carboxylic acids is 1. The molecule has 1 amide bonds. The van der Waals surface area contributed by atoms with E-state index in [0.29, 0.717) is 11.4 Å². The Morgan fingerprint density at radius 3 is 2.55 bits per heavy atom. The molecule has 1 aromatic heterocycles. The molecule has 0 unspecified atom stereocenters. The quantitative estimate of drug-likeness (QED) is 0.846. The predicted octanol–water partition coefficient (Wildman–Crippen LogP) is 2.75. The van der Waals surface area contributed by atoms with E-state index in [0.717, 1.165) is 4.90 Å². The van der Waals surface area contributed by atoms with E-state index in [-0.39, 0.29) is 11.5 Å². The average Bonchev–Trinajstić information content (AvgIpc) is 2.47. The van der Waals surface area contributed by atoms with Gasteiger partial charge in [-0.15, -0.1) is 11.8 Å². The Morgan fingerprint density at radius 2 is 1.95 bits per heavy atom. The lowest BCUT2D eigenvalue weighted by Crippen LogP contribution is -2.14. The Morgan fingerprint density at radius 1 is 1.20 bits per heavy atom. The lowest BCUT2D eigenvalue weighted by Gasteiger charge is -2.07. The molecular formula is C14H12N2O3S. The molecular weight excluding hydrogens is 276 g/mol. The smallest absolute Gasteiger partial charge is 0.337 e. The van der Waals surface area contributed by atoms with Gasteiger partial charge in [0.05, 0.1) is 11.1 Å². The van der Waals surface area contributed by atoms with Crippen molar-refractivity contribution in [1.29, 1.82) is 0 Å². The highest BCUT2D eigenvalue weighted by atomic mass is 32.2. The first kappa shape index (κ1) is 14.1. The van der Waals surface area contributed by atoms with Crippen LogP contribution >= 0.6 is 11.8 Å². The summed E-state index contributed by atoms with van der Waals surface area (Å²) < 4.78 is 0. The molecule has 1 aromatic carbocycles. The zero-order chi connectivity index (χ0) is 14.5. The molecule has 0 radical (unpaired) electrons. The summed E-state index contributed by atoms with van der Waals surface area (Å²) in [6.07, 6.45) is 3.10. The van der Waals surface area contributed by atoms with Crippen molar-refractivity contribution >= 4 is 29.5 Å². The van der Waals surface area contributed by atoms with Gasteiger partial charge in [-0.3, -0.25) is 4.79 Å². The Bertz CT molecular complexity index is 641. The third kappa shape index (κ3) is 3.16. The maximum atomic E-state index is 12.1. The molecule has 1 heterocycles. The van der Waals surface area contributed by atoms with E-state index >= 15 is 0 Å². The zero-order valence-electron chi connectivity index (χ0n) is 10.7. The summed E-state index contributed by atoms with van der Waals surface area (Å²) in [7, 11) is 0. The molecule has 2 N–H and O–H groups in total. The largest absolute Gasteiger partial charge is 0.478 e. The first-order valence-electron chi connectivity index (χ1n) is 5.75. The second-order valence-electron chi connectivity index (χ2n) is 3.89. The number of amides is 1. The van der Waals surface area contributed by atoms with Crippen LogP contribution in [0.2, 0.25) is 0 Å². The van der Waals surface area contributed by atoms with Crippen LogP contribution in [0.25, 0.3) is 0 Å². The maximum absolute atomic E-state index is 12.1. The zero-order valence-corrected chi connectivity index (χ0v) is 11.5. The lowest BCUT2D eigenvalue weighted by molar-refractivity contribution is 0.0696. The van der Waals surface area contributed by atoms with Gasteiger partial charge in [-0.2, -0.15) is 0 Å². The molecule has 5 nitrogen and oxygen atoms in total. The van der Waals surface area contributed by atoms with Crippen molar-refractivity contribution in [2.45, 2.75) is 4.90 Å². The van der Waals surface area contributed by atoms with Crippen LogP contribution in [0.3, 0.4) is 0 Å². The minimum Gasteiger partial charge on any atom is -0.478 e. The standard InChI is InChI=1S/C14H12N2O3S/c1-20-11-5-3-2-4-10(11)13(17)16-12-7-6-9(8-15-12)14(18)19/h2-8H,1H3,(H,18,19)(H,15,16,17). The number of rotatable bonds is 4. The number of anilines is 1. The SMILES string of the molecule is CSc1ccccc1C(=O)Nc1ccc(C(=O)O)cn1. The summed E-state index contributed by atoms with van der Waals surface area (Å²) in [4.78, 5) is 27.6. The van der Waals surface area contributed by atoms with Crippen molar-refractivity contribution in [2.24, 2.45) is 0 Å². The third-order valence-electron chi connectivity index (χ3n) is 2.60. The van der Waals surface area contributed by atoms with Gasteiger partial charge in [0.2, 0.25) is 0 Å². The number of nitrogens with zero attached hydrogens (tertiary/aromatic N) is 1. The van der Waals surface area contributed by atoms with Gasteiger partial charge in [-0.05, 0) is 30.5 Å². The number of thioether (sulfide) groups is 1. The van der Waals surface area contributed by atoms with Gasteiger partial charge in [0.15, 0.2) is 0 Å². The maximum Gasteiger partial charge on any atom is 0.337 e. The Labute approximate surface area is 120 Å². The summed E-state index contributed by atoms with van der Waals surface area (Å²) in [5.41, 5.74) is 0.636. The molecule has 0 bridgehead atoms. The van der Waals surface area contributed by atoms with Crippen LogP contribution in [0, 0.1) is 0 Å². The molecule has 102 valence electrons. The van der Waals surface area contributed by atoms with E-state index in [1.54, 1.807) is 12.1 Å². The molecule has 0 spiro atoms. The highest BCUT2D eigenvalue weighted by molar-refractivity contribution is 7.98. The molecule has 0 fully saturated rings. The van der Waals surface area contributed by atoms with Crippen molar-refractivity contribution in [3.05, 3.63) is 53.7 Å². The van der Waals surface area contributed by atoms with Gasteiger partial charge in [0, 0.05) is 11.1 Å². The molecule has 0 aliphatic heterocycles. The van der Waals surface area contributed by atoms with Crippen molar-refractivity contribution < 1.29 is 14.7 Å². The van der Waals surface area contributed by atoms with Gasteiger partial charge in [-0.1, -0.05) is 12.1 Å². The fourth-order valence-corrected chi connectivity index (χ4v) is 2.21. The minimum absolute atomic E-state index is 0.0764. The Balaban J connectivity index is 2.17. The topological polar surface area (TPSA) is 79.3 Å². The van der Waals surface area contributed by atoms with E-state index in [1.165, 1.54) is 30.1 Å². The molecule has 20 heavy (non-hydrogen) atoms. The molecule has 0 atom stereocenters. The van der Waals surface area contributed by atoms with Gasteiger partial charge < -0.3 is 10.4 Å². The number of carboxylic acids is 1. The van der Waals surface area contributed by atoms with Crippen molar-refractivity contribution in [3.8, 4) is 0 Å². The second-order valence-corrected chi connectivity index (χ2v) is 4.74. The summed E-state index contributed by atoms with van der Waals surface area (Å²) in [6, 6.07) is 10.1. The van der Waals surface area contributed by atoms with Crippen LogP contribution in [0.15, 0.2) is 47.5 Å². The number of carboxylic acid groups (broad SMARTS) is 1. The van der Waals surface area contributed by atoms with Crippen LogP contribution in [-0.4, -0.2) is 28.2 Å². The highest BCUT2D eigenvalue weighted by Gasteiger charge is 2.11. The van der Waals surface area contributed by atoms with Gasteiger partial charge in [0.1, 0.15) is 5.82 Å². The van der Waals surface area contributed by atoms with E-state index in [4.69, 9.17) is 5.11 Å². The van der Waals surface area contributed by atoms with E-state index in [2.05, 4.69) is 10.3 Å². The fourth-order valence-electron chi connectivity index (χ4n) is 1.61. The van der Waals surface area contributed by atoms with Gasteiger partial charge >= 0.3 is 5.97 Å². The Hall–Kier alpha value is -2.34. The molecule has 0 aliphatic carbocycles. The first-order chi connectivity index (χ1) is 9.61. The monoisotopic (exact) mass is 288 g/mol. The van der Waals surface area contributed by atoms with Crippen LogP contribution in [0.4, 0.5) is 5.82 Å². The van der Waals surface area contributed by atoms with Crippen LogP contribution in [0.1, 0.15) is 20.7 Å². The number of hydrogen-bond donors (Lipinski definition) is 2. The fraction of sp³-hybridized carbons (Fsp3) is 0.0714. The Kier molecular flexibility index (Phi) is 4.37. The van der Waals surface area contributed by atoms with Gasteiger partial charge in [0.25, 0.3) is 5.91 Å². The van der Waals surface area contributed by atoms with E-state index < -0.39 is 5.97 Å². The molecule has 2 rings (SSSR count). The van der Waals surface area contributed by atoms with Crippen LogP contribution in [-0.2, 0) is 0 Å². The number of carbonyl (C=O) groups is 2. The van der Waals surface area contributed by atoms with Crippen molar-refractivity contribution in [2.75, 3.05) is 11.6 Å². The number of carbonyl (C=O) groups excluding carboxylic acids is 1. The summed E-state index contributed by atoms with van der Waals surface area (Å²) in [5.74, 6) is -1.01. The number of nitrogens with one attached hydrogen (secondary N) is 1. The summed E-state index contributed by atoms with van der Waals surface area (Å²) in [5, 5.41) is 11.4. The summed E-state index contributed by atoms with van der Waals surface area (Å²) >= 11 is 1.48. The third-order valence-corrected chi connectivity index (χ3v) is 3.40. The molecule has 0 saturated carbocycles. The minimum atomic E-state index is -1.05. The second kappa shape index (κ2) is 6.21.